The standard InChI is InChI=1S/C18H26N2O4/c1-23-13-14-24-12-9-17(21)19-16-7-10-20(11-8-16)18(22)15-5-3-2-4-6-15/h2-6,16H,7-14H2,1H3,(H,19,21). The van der Waals surface area contributed by atoms with Gasteiger partial charge in [0.15, 0.2) is 0 Å². The minimum Gasteiger partial charge on any atom is -0.382 e. The first-order chi connectivity index (χ1) is 11.7. The zero-order valence-corrected chi connectivity index (χ0v) is 14.2. The molecule has 1 aliphatic heterocycles. The number of methoxy groups -OCH3 is 1. The molecule has 0 saturated carbocycles. The Morgan fingerprint density at radius 1 is 1.12 bits per heavy atom. The summed E-state index contributed by atoms with van der Waals surface area (Å²) in [5.74, 6) is 0.0622. The minimum atomic E-state index is 0.000234. The van der Waals surface area contributed by atoms with Gasteiger partial charge in [0, 0.05) is 38.2 Å². The highest BCUT2D eigenvalue weighted by Gasteiger charge is 2.24. The van der Waals surface area contributed by atoms with Gasteiger partial charge < -0.3 is 19.7 Å². The zero-order valence-electron chi connectivity index (χ0n) is 14.2. The molecule has 1 aromatic carbocycles. The van der Waals surface area contributed by atoms with Crippen LogP contribution in [0.4, 0.5) is 0 Å². The molecule has 1 heterocycles. The first-order valence-electron chi connectivity index (χ1n) is 8.41. The average molecular weight is 334 g/mol. The molecule has 1 N–H and O–H groups in total. The number of benzene rings is 1. The Kier molecular flexibility index (Phi) is 7.71. The maximum atomic E-state index is 12.4. The highest BCUT2D eigenvalue weighted by atomic mass is 16.5. The molecule has 0 bridgehead atoms. The van der Waals surface area contributed by atoms with Crippen LogP contribution in [-0.2, 0) is 14.3 Å². The van der Waals surface area contributed by atoms with Crippen LogP contribution in [0.1, 0.15) is 29.6 Å². The first-order valence-corrected chi connectivity index (χ1v) is 8.41. The second kappa shape index (κ2) is 10.1. The summed E-state index contributed by atoms with van der Waals surface area (Å²) in [6.45, 7) is 2.78. The van der Waals surface area contributed by atoms with Gasteiger partial charge in [-0.25, -0.2) is 0 Å². The molecule has 2 rings (SSSR count). The highest BCUT2D eigenvalue weighted by Crippen LogP contribution is 2.14. The number of likely N-dealkylation sites (tertiary alicyclic amines) is 1. The van der Waals surface area contributed by atoms with Gasteiger partial charge in [0.05, 0.1) is 19.8 Å². The number of rotatable bonds is 8. The van der Waals surface area contributed by atoms with E-state index in [-0.39, 0.29) is 17.9 Å². The Morgan fingerprint density at radius 3 is 2.50 bits per heavy atom. The third-order valence-corrected chi connectivity index (χ3v) is 4.07. The molecule has 1 fully saturated rings. The van der Waals surface area contributed by atoms with E-state index in [9.17, 15) is 9.59 Å². The summed E-state index contributed by atoms with van der Waals surface area (Å²) in [6, 6.07) is 9.44. The van der Waals surface area contributed by atoms with Crippen LogP contribution in [0.25, 0.3) is 0 Å². The fourth-order valence-electron chi connectivity index (χ4n) is 2.70. The molecule has 24 heavy (non-hydrogen) atoms. The van der Waals surface area contributed by atoms with E-state index in [1.54, 1.807) is 7.11 Å². The van der Waals surface area contributed by atoms with Crippen molar-refractivity contribution in [1.29, 1.82) is 0 Å². The number of carbonyl (C=O) groups is 2. The summed E-state index contributed by atoms with van der Waals surface area (Å²) in [5, 5.41) is 3.02. The molecule has 132 valence electrons. The van der Waals surface area contributed by atoms with Crippen molar-refractivity contribution in [2.45, 2.75) is 25.3 Å². The van der Waals surface area contributed by atoms with Crippen molar-refractivity contribution in [2.24, 2.45) is 0 Å². The zero-order chi connectivity index (χ0) is 17.2. The smallest absolute Gasteiger partial charge is 0.253 e. The van der Waals surface area contributed by atoms with Crippen molar-refractivity contribution in [1.82, 2.24) is 10.2 Å². The third kappa shape index (κ3) is 5.94. The maximum Gasteiger partial charge on any atom is 0.253 e. The lowest BCUT2D eigenvalue weighted by atomic mass is 10.0. The number of hydrogen-bond donors (Lipinski definition) is 1. The predicted molar refractivity (Wildman–Crippen MR) is 90.8 cm³/mol. The Morgan fingerprint density at radius 2 is 1.83 bits per heavy atom. The molecule has 1 saturated heterocycles. The number of hydrogen-bond acceptors (Lipinski definition) is 4. The Hall–Kier alpha value is -1.92. The van der Waals surface area contributed by atoms with Gasteiger partial charge in [-0.3, -0.25) is 9.59 Å². The fraction of sp³-hybridized carbons (Fsp3) is 0.556. The molecule has 6 nitrogen and oxygen atoms in total. The van der Waals surface area contributed by atoms with Crippen LogP contribution >= 0.6 is 0 Å². The van der Waals surface area contributed by atoms with Crippen LogP contribution in [-0.4, -0.2) is 62.8 Å². The lowest BCUT2D eigenvalue weighted by molar-refractivity contribution is -0.123. The summed E-state index contributed by atoms with van der Waals surface area (Å²) >= 11 is 0. The monoisotopic (exact) mass is 334 g/mol. The Labute approximate surface area is 143 Å². The van der Waals surface area contributed by atoms with E-state index in [0.29, 0.717) is 44.9 Å². The number of ether oxygens (including phenoxy) is 2. The number of piperidine rings is 1. The Balaban J connectivity index is 1.65. The highest BCUT2D eigenvalue weighted by molar-refractivity contribution is 5.94. The van der Waals surface area contributed by atoms with Crippen LogP contribution in [0.15, 0.2) is 30.3 Å². The molecule has 2 amide bonds. The summed E-state index contributed by atoms with van der Waals surface area (Å²) in [7, 11) is 1.62. The molecular formula is C18H26N2O4. The van der Waals surface area contributed by atoms with Crippen LogP contribution in [0.5, 0.6) is 0 Å². The summed E-state index contributed by atoms with van der Waals surface area (Å²) in [6.07, 6.45) is 1.93. The quantitative estimate of drug-likeness (QED) is 0.731. The number of carbonyl (C=O) groups excluding carboxylic acids is 2. The topological polar surface area (TPSA) is 67.9 Å². The second-order valence-corrected chi connectivity index (χ2v) is 5.86. The molecular weight excluding hydrogens is 308 g/mol. The van der Waals surface area contributed by atoms with E-state index >= 15 is 0 Å². The van der Waals surface area contributed by atoms with Crippen molar-refractivity contribution < 1.29 is 19.1 Å². The third-order valence-electron chi connectivity index (χ3n) is 4.07. The van der Waals surface area contributed by atoms with E-state index in [0.717, 1.165) is 12.8 Å². The fourth-order valence-corrected chi connectivity index (χ4v) is 2.70. The molecule has 0 radical (unpaired) electrons. The van der Waals surface area contributed by atoms with Crippen molar-refractivity contribution >= 4 is 11.8 Å². The van der Waals surface area contributed by atoms with Gasteiger partial charge in [0.25, 0.3) is 5.91 Å². The maximum absolute atomic E-state index is 12.4. The van der Waals surface area contributed by atoms with Crippen molar-refractivity contribution in [3.63, 3.8) is 0 Å². The van der Waals surface area contributed by atoms with E-state index in [2.05, 4.69) is 5.32 Å². The van der Waals surface area contributed by atoms with Crippen molar-refractivity contribution in [2.75, 3.05) is 40.0 Å². The number of amides is 2. The predicted octanol–water partition coefficient (Wildman–Crippen LogP) is 1.46. The second-order valence-electron chi connectivity index (χ2n) is 5.86. The van der Waals surface area contributed by atoms with Gasteiger partial charge in [0.2, 0.25) is 5.91 Å². The van der Waals surface area contributed by atoms with Gasteiger partial charge in [-0.15, -0.1) is 0 Å². The lowest BCUT2D eigenvalue weighted by Gasteiger charge is -2.32. The normalized spacial score (nSPS) is 15.3. The SMILES string of the molecule is COCCOCCC(=O)NC1CCN(C(=O)c2ccccc2)CC1. The molecule has 0 aliphatic carbocycles. The number of nitrogens with zero attached hydrogens (tertiary/aromatic N) is 1. The van der Waals surface area contributed by atoms with Crippen LogP contribution in [0.3, 0.4) is 0 Å². The number of nitrogens with one attached hydrogen (secondary N) is 1. The van der Waals surface area contributed by atoms with E-state index in [1.165, 1.54) is 0 Å². The molecule has 0 spiro atoms. The van der Waals surface area contributed by atoms with Gasteiger partial charge in [-0.05, 0) is 25.0 Å². The lowest BCUT2D eigenvalue weighted by Crippen LogP contribution is -2.46. The summed E-state index contributed by atoms with van der Waals surface area (Å²) < 4.78 is 10.2. The average Bonchev–Trinajstić information content (AvgIpc) is 2.62. The first kappa shape index (κ1) is 18.4. The Bertz CT molecular complexity index is 513. The summed E-state index contributed by atoms with van der Waals surface area (Å²) in [4.78, 5) is 26.1. The van der Waals surface area contributed by atoms with E-state index < -0.39 is 0 Å². The van der Waals surface area contributed by atoms with Gasteiger partial charge >= 0.3 is 0 Å². The van der Waals surface area contributed by atoms with Crippen LogP contribution < -0.4 is 5.32 Å². The van der Waals surface area contributed by atoms with Crippen LogP contribution in [0, 0.1) is 0 Å². The van der Waals surface area contributed by atoms with Crippen molar-refractivity contribution in [3.05, 3.63) is 35.9 Å². The van der Waals surface area contributed by atoms with E-state index in [4.69, 9.17) is 9.47 Å². The summed E-state index contributed by atoms with van der Waals surface area (Å²) in [5.41, 5.74) is 0.716. The molecule has 0 aromatic heterocycles. The van der Waals surface area contributed by atoms with Crippen LogP contribution in [0.2, 0.25) is 0 Å². The van der Waals surface area contributed by atoms with Gasteiger partial charge in [0.1, 0.15) is 0 Å². The van der Waals surface area contributed by atoms with Gasteiger partial charge in [-0.1, -0.05) is 18.2 Å². The minimum absolute atomic E-state index is 0.000234. The largest absolute Gasteiger partial charge is 0.382 e. The molecule has 6 heteroatoms. The molecule has 0 atom stereocenters. The van der Waals surface area contributed by atoms with E-state index in [1.807, 2.05) is 35.2 Å². The molecule has 1 aliphatic rings. The van der Waals surface area contributed by atoms with Gasteiger partial charge in [-0.2, -0.15) is 0 Å². The molecule has 0 unspecified atom stereocenters. The van der Waals surface area contributed by atoms with Crippen molar-refractivity contribution in [3.8, 4) is 0 Å². The molecule has 1 aromatic rings.